The highest BCUT2D eigenvalue weighted by atomic mass is 16.5. The van der Waals surface area contributed by atoms with Crippen molar-refractivity contribution in [2.75, 3.05) is 0 Å². The summed E-state index contributed by atoms with van der Waals surface area (Å²) in [7, 11) is 0. The zero-order valence-corrected chi connectivity index (χ0v) is 10.8. The van der Waals surface area contributed by atoms with Crippen LogP contribution >= 0.6 is 0 Å². The minimum atomic E-state index is -2.15. The molecule has 0 fully saturated rings. The molecule has 0 heterocycles. The second-order valence-corrected chi connectivity index (χ2v) is 4.64. The molecule has 0 rings (SSSR count). The predicted octanol–water partition coefficient (Wildman–Crippen LogP) is 0.604. The van der Waals surface area contributed by atoms with Gasteiger partial charge in [0.2, 0.25) is 5.91 Å². The van der Waals surface area contributed by atoms with E-state index in [-0.39, 0.29) is 6.42 Å². The number of primary amides is 1. The highest BCUT2D eigenvalue weighted by Gasteiger charge is 2.34. The van der Waals surface area contributed by atoms with Gasteiger partial charge in [-0.15, -0.1) is 0 Å². The molecule has 0 saturated carbocycles. The van der Waals surface area contributed by atoms with Gasteiger partial charge < -0.3 is 21.1 Å². The molecule has 18 heavy (non-hydrogen) atoms. The topological polar surface area (TPSA) is 121 Å². The third-order valence-electron chi connectivity index (χ3n) is 2.85. The largest absolute Gasteiger partial charge is 0.481 e. The van der Waals surface area contributed by atoms with E-state index in [4.69, 9.17) is 10.8 Å². The van der Waals surface area contributed by atoms with Gasteiger partial charge in [0.1, 0.15) is 5.92 Å². The van der Waals surface area contributed by atoms with Crippen LogP contribution in [0.25, 0.3) is 0 Å². The number of rotatable bonds is 10. The molecule has 0 aromatic heterocycles. The maximum Gasteiger partial charge on any atom is 0.316 e. The third kappa shape index (κ3) is 7.24. The van der Waals surface area contributed by atoms with Gasteiger partial charge in [-0.25, -0.2) is 0 Å². The van der Waals surface area contributed by atoms with Crippen molar-refractivity contribution in [2.45, 2.75) is 57.7 Å². The summed E-state index contributed by atoms with van der Waals surface area (Å²) in [6.07, 6.45) is 4.10. The second kappa shape index (κ2) is 8.05. The molecule has 0 aliphatic carbocycles. The van der Waals surface area contributed by atoms with Crippen LogP contribution < -0.4 is 5.73 Å². The number of aliphatic carboxylic acids is 1. The second-order valence-electron chi connectivity index (χ2n) is 4.64. The number of amides is 1. The molecule has 1 amide bonds. The Bertz CT molecular complexity index is 264. The zero-order valence-electron chi connectivity index (χ0n) is 10.8. The SMILES string of the molecule is CCCCCCCC(O)(O)CC(C(N)=O)C(=O)O. The van der Waals surface area contributed by atoms with Crippen LogP contribution in [-0.2, 0) is 9.59 Å². The van der Waals surface area contributed by atoms with Crippen molar-refractivity contribution < 1.29 is 24.9 Å². The van der Waals surface area contributed by atoms with E-state index in [1.54, 1.807) is 0 Å². The van der Waals surface area contributed by atoms with Gasteiger partial charge in [-0.3, -0.25) is 9.59 Å². The predicted molar refractivity (Wildman–Crippen MR) is 65.5 cm³/mol. The fourth-order valence-electron chi connectivity index (χ4n) is 1.75. The van der Waals surface area contributed by atoms with Crippen LogP contribution in [0.5, 0.6) is 0 Å². The average molecular weight is 261 g/mol. The summed E-state index contributed by atoms with van der Waals surface area (Å²) in [4.78, 5) is 21.6. The Morgan fingerprint density at radius 2 is 1.72 bits per heavy atom. The first-order valence-corrected chi connectivity index (χ1v) is 6.27. The maximum atomic E-state index is 10.9. The monoisotopic (exact) mass is 261 g/mol. The number of unbranched alkanes of at least 4 members (excludes halogenated alkanes) is 4. The first kappa shape index (κ1) is 16.9. The first-order valence-electron chi connectivity index (χ1n) is 6.27. The highest BCUT2D eigenvalue weighted by molar-refractivity contribution is 5.96. The van der Waals surface area contributed by atoms with Gasteiger partial charge >= 0.3 is 5.97 Å². The molecular weight excluding hydrogens is 238 g/mol. The van der Waals surface area contributed by atoms with E-state index in [1.807, 2.05) is 0 Å². The standard InChI is InChI=1S/C12H23NO5/c1-2-3-4-5-6-7-12(17,18)8-9(10(13)14)11(15)16/h9,17-18H,2-8H2,1H3,(H2,13,14)(H,15,16). The molecule has 6 heteroatoms. The van der Waals surface area contributed by atoms with Crippen molar-refractivity contribution in [3.8, 4) is 0 Å². The lowest BCUT2D eigenvalue weighted by molar-refractivity contribution is -0.187. The molecule has 0 aromatic rings. The highest BCUT2D eigenvalue weighted by Crippen LogP contribution is 2.21. The maximum absolute atomic E-state index is 10.9. The molecule has 0 aromatic carbocycles. The van der Waals surface area contributed by atoms with Crippen LogP contribution in [0, 0.1) is 5.92 Å². The minimum absolute atomic E-state index is 0.0494. The van der Waals surface area contributed by atoms with Gasteiger partial charge in [0.05, 0.1) is 0 Å². The molecule has 6 nitrogen and oxygen atoms in total. The van der Waals surface area contributed by atoms with Gasteiger partial charge in [-0.05, 0) is 6.42 Å². The summed E-state index contributed by atoms with van der Waals surface area (Å²) in [6.45, 7) is 2.08. The summed E-state index contributed by atoms with van der Waals surface area (Å²) >= 11 is 0. The Balaban J connectivity index is 4.11. The van der Waals surface area contributed by atoms with Crippen LogP contribution in [-0.4, -0.2) is 33.0 Å². The Hall–Kier alpha value is -1.14. The third-order valence-corrected chi connectivity index (χ3v) is 2.85. The molecule has 1 unspecified atom stereocenters. The number of nitrogens with two attached hydrogens (primary N) is 1. The molecule has 1 atom stereocenters. The smallest absolute Gasteiger partial charge is 0.316 e. The molecule has 0 aliphatic rings. The molecule has 0 bridgehead atoms. The van der Waals surface area contributed by atoms with Crippen molar-refractivity contribution >= 4 is 11.9 Å². The molecule has 5 N–H and O–H groups in total. The summed E-state index contributed by atoms with van der Waals surface area (Å²) in [5, 5.41) is 28.0. The van der Waals surface area contributed by atoms with Crippen LogP contribution in [0.2, 0.25) is 0 Å². The lowest BCUT2D eigenvalue weighted by atomic mass is 9.94. The number of hydrogen-bond acceptors (Lipinski definition) is 4. The van der Waals surface area contributed by atoms with Crippen molar-refractivity contribution in [1.82, 2.24) is 0 Å². The van der Waals surface area contributed by atoms with Crippen molar-refractivity contribution in [3.63, 3.8) is 0 Å². The van der Waals surface area contributed by atoms with Crippen molar-refractivity contribution in [3.05, 3.63) is 0 Å². The first-order chi connectivity index (χ1) is 8.30. The van der Waals surface area contributed by atoms with E-state index in [1.165, 1.54) is 0 Å². The Labute approximate surface area is 107 Å². The summed E-state index contributed by atoms with van der Waals surface area (Å²) < 4.78 is 0. The van der Waals surface area contributed by atoms with Crippen LogP contribution in [0.3, 0.4) is 0 Å². The number of carbonyl (C=O) groups is 2. The number of carboxylic acids is 1. The van der Waals surface area contributed by atoms with Gasteiger partial charge in [-0.1, -0.05) is 32.6 Å². The minimum Gasteiger partial charge on any atom is -0.481 e. The molecular formula is C12H23NO5. The van der Waals surface area contributed by atoms with Gasteiger partial charge in [-0.2, -0.15) is 0 Å². The molecule has 106 valence electrons. The van der Waals surface area contributed by atoms with Crippen LogP contribution in [0.4, 0.5) is 0 Å². The van der Waals surface area contributed by atoms with E-state index in [9.17, 15) is 19.8 Å². The Morgan fingerprint density at radius 3 is 2.17 bits per heavy atom. The normalized spacial score (nSPS) is 13.3. The molecule has 0 spiro atoms. The Kier molecular flexibility index (Phi) is 7.54. The van der Waals surface area contributed by atoms with Gasteiger partial charge in [0.25, 0.3) is 0 Å². The van der Waals surface area contributed by atoms with E-state index >= 15 is 0 Å². The van der Waals surface area contributed by atoms with Crippen molar-refractivity contribution in [1.29, 1.82) is 0 Å². The van der Waals surface area contributed by atoms with E-state index < -0.39 is 30.0 Å². The van der Waals surface area contributed by atoms with E-state index in [0.29, 0.717) is 6.42 Å². The van der Waals surface area contributed by atoms with Crippen LogP contribution in [0.1, 0.15) is 51.9 Å². The molecule has 0 radical (unpaired) electrons. The number of carboxylic acid groups (broad SMARTS) is 1. The van der Waals surface area contributed by atoms with Gasteiger partial charge in [0, 0.05) is 12.8 Å². The summed E-state index contributed by atoms with van der Waals surface area (Å²) in [5.41, 5.74) is 4.90. The summed E-state index contributed by atoms with van der Waals surface area (Å²) in [6, 6.07) is 0. The zero-order chi connectivity index (χ0) is 14.2. The average Bonchev–Trinajstić information content (AvgIpc) is 2.25. The Morgan fingerprint density at radius 1 is 1.17 bits per heavy atom. The number of carbonyl (C=O) groups excluding carboxylic acids is 1. The number of hydrogen-bond donors (Lipinski definition) is 4. The van der Waals surface area contributed by atoms with Crippen LogP contribution in [0.15, 0.2) is 0 Å². The molecule has 0 saturated heterocycles. The lowest BCUT2D eigenvalue weighted by Crippen LogP contribution is -2.39. The van der Waals surface area contributed by atoms with Gasteiger partial charge in [0.15, 0.2) is 5.79 Å². The summed E-state index contributed by atoms with van der Waals surface area (Å²) in [5.74, 6) is -6.19. The fourth-order valence-corrected chi connectivity index (χ4v) is 1.75. The van der Waals surface area contributed by atoms with E-state index in [0.717, 1.165) is 25.7 Å². The lowest BCUT2D eigenvalue weighted by Gasteiger charge is -2.23. The number of aliphatic hydroxyl groups is 2. The van der Waals surface area contributed by atoms with E-state index in [2.05, 4.69) is 6.92 Å². The van der Waals surface area contributed by atoms with Crippen molar-refractivity contribution in [2.24, 2.45) is 11.7 Å². The quantitative estimate of drug-likeness (QED) is 0.261. The fraction of sp³-hybridized carbons (Fsp3) is 0.833. The molecule has 0 aliphatic heterocycles.